The molecule has 0 N–H and O–H groups in total. The van der Waals surface area contributed by atoms with Crippen LogP contribution in [0.25, 0.3) is 32.3 Å². The van der Waals surface area contributed by atoms with Crippen molar-refractivity contribution in [2.75, 3.05) is 13.1 Å². The third kappa shape index (κ3) is 2.98. The molecule has 4 rings (SSSR count). The lowest BCUT2D eigenvalue weighted by Crippen LogP contribution is -2.33. The van der Waals surface area contributed by atoms with Gasteiger partial charge in [0, 0.05) is 18.5 Å². The Morgan fingerprint density at radius 3 is 2.19 bits per heavy atom. The van der Waals surface area contributed by atoms with E-state index in [2.05, 4.69) is 30.3 Å². The van der Waals surface area contributed by atoms with Gasteiger partial charge in [0.05, 0.1) is 5.02 Å². The van der Waals surface area contributed by atoms with Crippen LogP contribution in [0.4, 0.5) is 4.79 Å². The predicted molar refractivity (Wildman–Crippen MR) is 113 cm³/mol. The number of hydrogen-bond donors (Lipinski definition) is 0. The molecule has 1 amide bonds. The van der Waals surface area contributed by atoms with Crippen molar-refractivity contribution in [2.45, 2.75) is 13.8 Å². The molecule has 0 aliphatic carbocycles. The average molecular weight is 378 g/mol. The quantitative estimate of drug-likeness (QED) is 0.374. The Labute approximate surface area is 163 Å². The molecule has 0 aliphatic rings. The van der Waals surface area contributed by atoms with E-state index in [-0.39, 0.29) is 6.09 Å². The Balaban J connectivity index is 1.93. The molecule has 0 unspecified atom stereocenters. The summed E-state index contributed by atoms with van der Waals surface area (Å²) in [6.07, 6.45) is -0.381. The zero-order valence-corrected chi connectivity index (χ0v) is 16.1. The van der Waals surface area contributed by atoms with Crippen LogP contribution in [0.3, 0.4) is 0 Å². The van der Waals surface area contributed by atoms with Gasteiger partial charge in [0.25, 0.3) is 0 Å². The van der Waals surface area contributed by atoms with Gasteiger partial charge in [-0.3, -0.25) is 0 Å². The second-order valence-electron chi connectivity index (χ2n) is 6.46. The van der Waals surface area contributed by atoms with Gasteiger partial charge < -0.3 is 9.64 Å². The van der Waals surface area contributed by atoms with Gasteiger partial charge in [0.1, 0.15) is 0 Å². The highest BCUT2D eigenvalue weighted by Gasteiger charge is 2.17. The Hall–Kier alpha value is -2.78. The monoisotopic (exact) mass is 377 g/mol. The average Bonchev–Trinajstić information content (AvgIpc) is 2.70. The maximum Gasteiger partial charge on any atom is 0.415 e. The molecule has 0 heterocycles. The van der Waals surface area contributed by atoms with Crippen molar-refractivity contribution in [3.63, 3.8) is 0 Å². The molecular formula is C23H20ClNO2. The van der Waals surface area contributed by atoms with E-state index in [1.54, 1.807) is 11.0 Å². The van der Waals surface area contributed by atoms with E-state index >= 15 is 0 Å². The fourth-order valence-corrected chi connectivity index (χ4v) is 3.79. The van der Waals surface area contributed by atoms with Crippen LogP contribution in [-0.4, -0.2) is 24.1 Å². The molecule has 0 spiro atoms. The van der Waals surface area contributed by atoms with Crippen LogP contribution in [0.2, 0.25) is 5.02 Å². The Morgan fingerprint density at radius 2 is 1.41 bits per heavy atom. The molecule has 0 radical (unpaired) electrons. The molecule has 0 saturated carbocycles. The van der Waals surface area contributed by atoms with Crippen LogP contribution in [0.15, 0.2) is 60.7 Å². The molecule has 0 bridgehead atoms. The van der Waals surface area contributed by atoms with E-state index in [4.69, 9.17) is 16.3 Å². The van der Waals surface area contributed by atoms with E-state index in [0.29, 0.717) is 23.9 Å². The summed E-state index contributed by atoms with van der Waals surface area (Å²) in [5.41, 5.74) is 0. The molecule has 0 saturated heterocycles. The minimum absolute atomic E-state index is 0.381. The van der Waals surface area contributed by atoms with Crippen molar-refractivity contribution in [1.82, 2.24) is 4.90 Å². The first-order valence-electron chi connectivity index (χ1n) is 9.13. The molecule has 4 aromatic carbocycles. The van der Waals surface area contributed by atoms with Gasteiger partial charge in [-0.25, -0.2) is 4.79 Å². The lowest BCUT2D eigenvalue weighted by atomic mass is 9.97. The van der Waals surface area contributed by atoms with Crippen molar-refractivity contribution in [2.24, 2.45) is 0 Å². The molecule has 27 heavy (non-hydrogen) atoms. The first-order valence-corrected chi connectivity index (χ1v) is 9.51. The summed E-state index contributed by atoms with van der Waals surface area (Å²) in [5, 5.41) is 6.98. The smallest absolute Gasteiger partial charge is 0.408 e. The van der Waals surface area contributed by atoms with Gasteiger partial charge >= 0.3 is 6.09 Å². The van der Waals surface area contributed by atoms with Gasteiger partial charge in [-0.1, -0.05) is 60.1 Å². The molecule has 4 aromatic rings. The van der Waals surface area contributed by atoms with E-state index in [1.807, 2.05) is 38.1 Å². The number of hydrogen-bond acceptors (Lipinski definition) is 2. The molecule has 0 aromatic heterocycles. The maximum atomic E-state index is 12.5. The number of carbonyl (C=O) groups is 1. The first kappa shape index (κ1) is 17.6. The molecule has 0 atom stereocenters. The van der Waals surface area contributed by atoms with Crippen molar-refractivity contribution in [3.8, 4) is 5.75 Å². The summed E-state index contributed by atoms with van der Waals surface area (Å²) >= 11 is 6.39. The summed E-state index contributed by atoms with van der Waals surface area (Å²) in [7, 11) is 0. The van der Waals surface area contributed by atoms with Gasteiger partial charge in [-0.15, -0.1) is 0 Å². The van der Waals surface area contributed by atoms with Crippen molar-refractivity contribution >= 4 is 50.0 Å². The molecule has 3 nitrogen and oxygen atoms in total. The Bertz CT molecular complexity index is 1170. The predicted octanol–water partition coefficient (Wildman–Crippen LogP) is 6.64. The lowest BCUT2D eigenvalue weighted by molar-refractivity contribution is 0.158. The fourth-order valence-electron chi connectivity index (χ4n) is 3.59. The summed E-state index contributed by atoms with van der Waals surface area (Å²) in [4.78, 5) is 14.1. The lowest BCUT2D eigenvalue weighted by Gasteiger charge is -2.19. The minimum Gasteiger partial charge on any atom is -0.408 e. The highest BCUT2D eigenvalue weighted by Crippen LogP contribution is 2.39. The van der Waals surface area contributed by atoms with E-state index in [1.165, 1.54) is 16.2 Å². The van der Waals surface area contributed by atoms with E-state index < -0.39 is 0 Å². The third-order valence-corrected chi connectivity index (χ3v) is 5.33. The second-order valence-corrected chi connectivity index (χ2v) is 6.87. The van der Waals surface area contributed by atoms with Crippen LogP contribution in [0.1, 0.15) is 13.8 Å². The van der Waals surface area contributed by atoms with E-state index in [0.717, 1.165) is 16.2 Å². The molecule has 0 fully saturated rings. The minimum atomic E-state index is -0.381. The van der Waals surface area contributed by atoms with Crippen molar-refractivity contribution in [1.29, 1.82) is 0 Å². The largest absolute Gasteiger partial charge is 0.415 e. The van der Waals surface area contributed by atoms with Gasteiger partial charge in [-0.05, 0) is 52.9 Å². The normalized spacial score (nSPS) is 11.2. The number of amides is 1. The Morgan fingerprint density at radius 1 is 0.815 bits per heavy atom. The summed E-state index contributed by atoms with van der Waals surface area (Å²) in [6.45, 7) is 5.03. The standard InChI is InChI=1S/C23H20ClNO2/c1-3-25(4-2)23(26)27-22-20-12-11-17-16-8-6-5-7-15(16)9-10-18(17)19(20)13-14-21(22)24/h5-14H,3-4H2,1-2H3. The van der Waals surface area contributed by atoms with Gasteiger partial charge in [0.2, 0.25) is 0 Å². The summed E-state index contributed by atoms with van der Waals surface area (Å²) in [6, 6.07) is 20.4. The summed E-state index contributed by atoms with van der Waals surface area (Å²) < 4.78 is 5.69. The number of halogens is 1. The van der Waals surface area contributed by atoms with E-state index in [9.17, 15) is 4.79 Å². The highest BCUT2D eigenvalue weighted by atomic mass is 35.5. The number of fused-ring (bicyclic) bond motifs is 5. The van der Waals surface area contributed by atoms with Crippen molar-refractivity contribution in [3.05, 3.63) is 65.7 Å². The summed E-state index contributed by atoms with van der Waals surface area (Å²) in [5.74, 6) is 0.418. The van der Waals surface area contributed by atoms with Gasteiger partial charge in [0.15, 0.2) is 5.75 Å². The van der Waals surface area contributed by atoms with Crippen LogP contribution in [0, 0.1) is 0 Å². The number of rotatable bonds is 3. The topological polar surface area (TPSA) is 29.5 Å². The zero-order valence-electron chi connectivity index (χ0n) is 15.3. The molecule has 136 valence electrons. The molecule has 4 heteroatoms. The molecular weight excluding hydrogens is 358 g/mol. The number of ether oxygens (including phenoxy) is 1. The van der Waals surface area contributed by atoms with Crippen LogP contribution in [0.5, 0.6) is 5.75 Å². The second kappa shape index (κ2) is 7.09. The van der Waals surface area contributed by atoms with Crippen molar-refractivity contribution < 1.29 is 9.53 Å². The molecule has 0 aliphatic heterocycles. The fraction of sp³-hybridized carbons (Fsp3) is 0.174. The SMILES string of the molecule is CCN(CC)C(=O)Oc1c(Cl)ccc2c1ccc1c3ccccc3ccc21. The van der Waals surface area contributed by atoms with Gasteiger partial charge in [-0.2, -0.15) is 0 Å². The third-order valence-electron chi connectivity index (χ3n) is 5.04. The highest BCUT2D eigenvalue weighted by molar-refractivity contribution is 6.34. The zero-order chi connectivity index (χ0) is 19.0. The van der Waals surface area contributed by atoms with Crippen LogP contribution in [-0.2, 0) is 0 Å². The number of nitrogens with zero attached hydrogens (tertiary/aromatic N) is 1. The van der Waals surface area contributed by atoms with Crippen LogP contribution < -0.4 is 4.74 Å². The van der Waals surface area contributed by atoms with Crippen LogP contribution >= 0.6 is 11.6 Å². The maximum absolute atomic E-state index is 12.5. The Kier molecular flexibility index (Phi) is 4.63. The number of carbonyl (C=O) groups excluding carboxylic acids is 1. The first-order chi connectivity index (χ1) is 13.1. The number of benzene rings is 4.